The van der Waals surface area contributed by atoms with Crippen molar-refractivity contribution in [2.45, 2.75) is 45.1 Å². The fourth-order valence-corrected chi connectivity index (χ4v) is 4.66. The van der Waals surface area contributed by atoms with Gasteiger partial charge in [0.1, 0.15) is 0 Å². The summed E-state index contributed by atoms with van der Waals surface area (Å²) in [7, 11) is 3.61. The van der Waals surface area contributed by atoms with Gasteiger partial charge < -0.3 is 10.1 Å². The third-order valence-electron chi connectivity index (χ3n) is 2.47. The van der Waals surface area contributed by atoms with Gasteiger partial charge >= 0.3 is 6.09 Å². The van der Waals surface area contributed by atoms with Crippen LogP contribution in [0.25, 0.3) is 0 Å². The molecule has 1 heterocycles. The Morgan fingerprint density at radius 3 is 2.62 bits per heavy atom. The van der Waals surface area contributed by atoms with Crippen LogP contribution >= 0.6 is 21.6 Å². The lowest BCUT2D eigenvalue weighted by atomic mass is 10.1. The summed E-state index contributed by atoms with van der Waals surface area (Å²) >= 11 is 0. The third kappa shape index (κ3) is 5.34. The molecule has 0 spiro atoms. The molecule has 1 amide bonds. The predicted molar refractivity (Wildman–Crippen MR) is 71.9 cm³/mol. The fourth-order valence-electron chi connectivity index (χ4n) is 1.43. The largest absolute Gasteiger partial charge is 0.450 e. The van der Waals surface area contributed by atoms with Gasteiger partial charge in [-0.1, -0.05) is 47.8 Å². The molecule has 0 unspecified atom stereocenters. The summed E-state index contributed by atoms with van der Waals surface area (Å²) in [6, 6.07) is 0. The number of unbranched alkanes of at least 4 members (excludes halogenated alkanes) is 3. The summed E-state index contributed by atoms with van der Waals surface area (Å²) in [5.41, 5.74) is -0.0875. The molecule has 16 heavy (non-hydrogen) atoms. The second-order valence-corrected chi connectivity index (χ2v) is 6.87. The molecule has 94 valence electrons. The van der Waals surface area contributed by atoms with Crippen molar-refractivity contribution in [2.24, 2.45) is 0 Å². The topological polar surface area (TPSA) is 38.3 Å². The van der Waals surface area contributed by atoms with Crippen LogP contribution in [0.1, 0.15) is 39.5 Å². The number of carbonyl (C=O) groups is 1. The van der Waals surface area contributed by atoms with E-state index in [0.717, 1.165) is 24.3 Å². The van der Waals surface area contributed by atoms with E-state index in [1.165, 1.54) is 12.8 Å². The average Bonchev–Trinajstić information content (AvgIpc) is 2.64. The summed E-state index contributed by atoms with van der Waals surface area (Å²) in [5.74, 6) is 1.92. The van der Waals surface area contributed by atoms with Crippen LogP contribution in [0.2, 0.25) is 0 Å². The molecular formula is C11H21NO2S2. The highest BCUT2D eigenvalue weighted by Crippen LogP contribution is 2.37. The molecular weight excluding hydrogens is 242 g/mol. The first-order valence-corrected chi connectivity index (χ1v) is 8.34. The highest BCUT2D eigenvalue weighted by Gasteiger charge is 2.32. The van der Waals surface area contributed by atoms with Crippen LogP contribution < -0.4 is 5.32 Å². The van der Waals surface area contributed by atoms with E-state index < -0.39 is 0 Å². The molecule has 1 N–H and O–H groups in total. The maximum absolute atomic E-state index is 11.5. The minimum atomic E-state index is -0.262. The first kappa shape index (κ1) is 14.0. The van der Waals surface area contributed by atoms with Crippen molar-refractivity contribution in [3.05, 3.63) is 0 Å². The maximum atomic E-state index is 11.5. The Morgan fingerprint density at radius 2 is 2.00 bits per heavy atom. The Kier molecular flexibility index (Phi) is 6.43. The number of ether oxygens (including phenoxy) is 1. The zero-order chi connectivity index (χ0) is 11.9. The molecule has 0 bridgehead atoms. The zero-order valence-corrected chi connectivity index (χ0v) is 11.7. The van der Waals surface area contributed by atoms with Gasteiger partial charge in [-0.3, -0.25) is 0 Å². The first-order valence-electron chi connectivity index (χ1n) is 5.86. The quantitative estimate of drug-likeness (QED) is 0.588. The van der Waals surface area contributed by atoms with Crippen LogP contribution in [0, 0.1) is 0 Å². The van der Waals surface area contributed by atoms with E-state index in [-0.39, 0.29) is 11.6 Å². The standard InChI is InChI=1S/C11H21NO2S2/c1-3-4-5-6-7-14-10(13)12-11(2)8-15-16-9-11/h3-9H2,1-2H3,(H,12,13). The normalized spacial score (nSPS) is 18.4. The lowest BCUT2D eigenvalue weighted by molar-refractivity contribution is 0.136. The molecule has 0 aliphatic carbocycles. The Labute approximate surface area is 106 Å². The van der Waals surface area contributed by atoms with Crippen molar-refractivity contribution in [1.82, 2.24) is 5.32 Å². The van der Waals surface area contributed by atoms with Crippen molar-refractivity contribution in [2.75, 3.05) is 18.1 Å². The minimum Gasteiger partial charge on any atom is -0.450 e. The van der Waals surface area contributed by atoms with E-state index in [1.807, 2.05) is 0 Å². The molecule has 0 aromatic heterocycles. The molecule has 1 rings (SSSR count). The van der Waals surface area contributed by atoms with Gasteiger partial charge in [-0.25, -0.2) is 4.79 Å². The molecule has 1 aliphatic rings. The molecule has 1 aliphatic heterocycles. The third-order valence-corrected chi connectivity index (χ3v) is 5.36. The lowest BCUT2D eigenvalue weighted by Gasteiger charge is -2.22. The molecule has 0 aromatic rings. The molecule has 3 nitrogen and oxygen atoms in total. The summed E-state index contributed by atoms with van der Waals surface area (Å²) in [6.07, 6.45) is 4.28. The minimum absolute atomic E-state index is 0.0875. The summed E-state index contributed by atoms with van der Waals surface area (Å²) in [6.45, 7) is 4.78. The summed E-state index contributed by atoms with van der Waals surface area (Å²) < 4.78 is 5.15. The summed E-state index contributed by atoms with van der Waals surface area (Å²) in [5, 5.41) is 2.94. The monoisotopic (exact) mass is 263 g/mol. The SMILES string of the molecule is CCCCCCOC(=O)NC1(C)CSSC1. The van der Waals surface area contributed by atoms with Gasteiger partial charge in [-0.05, 0) is 13.3 Å². The number of nitrogens with one attached hydrogen (secondary N) is 1. The van der Waals surface area contributed by atoms with E-state index >= 15 is 0 Å². The second-order valence-electron chi connectivity index (χ2n) is 4.41. The van der Waals surface area contributed by atoms with Crippen LogP contribution in [0.3, 0.4) is 0 Å². The molecule has 0 atom stereocenters. The van der Waals surface area contributed by atoms with Crippen molar-refractivity contribution < 1.29 is 9.53 Å². The highest BCUT2D eigenvalue weighted by molar-refractivity contribution is 8.77. The van der Waals surface area contributed by atoms with E-state index in [4.69, 9.17) is 4.74 Å². The average molecular weight is 263 g/mol. The molecule has 1 saturated heterocycles. The van der Waals surface area contributed by atoms with Crippen LogP contribution in [-0.2, 0) is 4.74 Å². The number of rotatable bonds is 6. The Bertz CT molecular complexity index is 218. The van der Waals surface area contributed by atoms with Gasteiger partial charge in [-0.15, -0.1) is 0 Å². The van der Waals surface area contributed by atoms with Crippen LogP contribution in [0.4, 0.5) is 4.79 Å². The number of amides is 1. The summed E-state index contributed by atoms with van der Waals surface area (Å²) in [4.78, 5) is 11.5. The number of hydrogen-bond donors (Lipinski definition) is 1. The Balaban J connectivity index is 2.06. The molecule has 1 fully saturated rings. The van der Waals surface area contributed by atoms with Gasteiger partial charge in [0, 0.05) is 11.5 Å². The zero-order valence-electron chi connectivity index (χ0n) is 10.1. The Hall–Kier alpha value is -0.0300. The fraction of sp³-hybridized carbons (Fsp3) is 0.909. The first-order chi connectivity index (χ1) is 7.66. The number of hydrogen-bond acceptors (Lipinski definition) is 4. The molecule has 0 saturated carbocycles. The van der Waals surface area contributed by atoms with Gasteiger partial charge in [0.15, 0.2) is 0 Å². The Morgan fingerprint density at radius 1 is 1.31 bits per heavy atom. The van der Waals surface area contributed by atoms with E-state index in [0.29, 0.717) is 6.61 Å². The molecule has 0 radical (unpaired) electrons. The van der Waals surface area contributed by atoms with E-state index in [9.17, 15) is 4.79 Å². The van der Waals surface area contributed by atoms with Crippen molar-refractivity contribution in [3.63, 3.8) is 0 Å². The van der Waals surface area contributed by atoms with E-state index in [2.05, 4.69) is 19.2 Å². The van der Waals surface area contributed by atoms with Crippen molar-refractivity contribution >= 4 is 27.7 Å². The molecule has 5 heteroatoms. The van der Waals surface area contributed by atoms with Crippen molar-refractivity contribution in [1.29, 1.82) is 0 Å². The van der Waals surface area contributed by atoms with Gasteiger partial charge in [0.25, 0.3) is 0 Å². The maximum Gasteiger partial charge on any atom is 0.407 e. The lowest BCUT2D eigenvalue weighted by Crippen LogP contribution is -2.48. The smallest absolute Gasteiger partial charge is 0.407 e. The van der Waals surface area contributed by atoms with Crippen LogP contribution in [0.15, 0.2) is 0 Å². The molecule has 0 aromatic carbocycles. The van der Waals surface area contributed by atoms with Gasteiger partial charge in [-0.2, -0.15) is 0 Å². The van der Waals surface area contributed by atoms with Gasteiger partial charge in [0.2, 0.25) is 0 Å². The van der Waals surface area contributed by atoms with Crippen LogP contribution in [0.5, 0.6) is 0 Å². The van der Waals surface area contributed by atoms with Crippen molar-refractivity contribution in [3.8, 4) is 0 Å². The van der Waals surface area contributed by atoms with E-state index in [1.54, 1.807) is 21.6 Å². The van der Waals surface area contributed by atoms with Crippen LogP contribution in [-0.4, -0.2) is 29.7 Å². The van der Waals surface area contributed by atoms with Gasteiger partial charge in [0.05, 0.1) is 12.1 Å². The second kappa shape index (κ2) is 7.33. The highest BCUT2D eigenvalue weighted by atomic mass is 33.1. The number of alkyl carbamates (subject to hydrolysis) is 1. The number of carbonyl (C=O) groups excluding carboxylic acids is 1. The predicted octanol–water partition coefficient (Wildman–Crippen LogP) is 3.45.